The second-order valence-electron chi connectivity index (χ2n) is 3.43. The molecule has 1 fully saturated rings. The number of aromatic nitrogens is 1. The summed E-state index contributed by atoms with van der Waals surface area (Å²) in [6.45, 7) is 0. The van der Waals surface area contributed by atoms with Crippen LogP contribution in [-0.2, 0) is 0 Å². The molecule has 1 N–H and O–H groups in total. The lowest BCUT2D eigenvalue weighted by Gasteiger charge is -2.10. The zero-order valence-electron chi connectivity index (χ0n) is 7.93. The van der Waals surface area contributed by atoms with E-state index in [1.54, 1.807) is 0 Å². The van der Waals surface area contributed by atoms with Crippen LogP contribution in [0.4, 0.5) is 0 Å². The molecule has 0 bridgehead atoms. The zero-order valence-corrected chi connectivity index (χ0v) is 7.93. The largest absolute Gasteiger partial charge is 0.478 e. The van der Waals surface area contributed by atoms with E-state index in [9.17, 15) is 4.79 Å². The molecule has 0 aromatic carbocycles. The molecule has 1 aromatic rings. The van der Waals surface area contributed by atoms with Crippen LogP contribution in [0.5, 0.6) is 5.88 Å². The smallest absolute Gasteiger partial charge is 0.337 e. The number of rotatable bonds is 3. The Bertz CT molecular complexity index is 426. The maximum Gasteiger partial charge on any atom is 0.337 e. The van der Waals surface area contributed by atoms with Gasteiger partial charge in [-0.25, -0.2) is 9.78 Å². The lowest BCUT2D eigenvalue weighted by molar-refractivity contribution is 0.0696. The van der Waals surface area contributed by atoms with Gasteiger partial charge in [-0.2, -0.15) is 0 Å². The first kappa shape index (κ1) is 9.53. The van der Waals surface area contributed by atoms with E-state index in [0.29, 0.717) is 5.88 Å². The van der Waals surface area contributed by atoms with Gasteiger partial charge in [0.15, 0.2) is 5.60 Å². The third kappa shape index (κ3) is 1.91. The number of ether oxygens (including phenoxy) is 1. The molecule has 0 amide bonds. The van der Waals surface area contributed by atoms with Gasteiger partial charge in [0, 0.05) is 25.1 Å². The van der Waals surface area contributed by atoms with Crippen LogP contribution < -0.4 is 4.74 Å². The van der Waals surface area contributed by atoms with E-state index in [-0.39, 0.29) is 5.56 Å². The van der Waals surface area contributed by atoms with E-state index >= 15 is 0 Å². The van der Waals surface area contributed by atoms with Crippen molar-refractivity contribution in [2.45, 2.75) is 18.4 Å². The minimum Gasteiger partial charge on any atom is -0.478 e. The number of pyridine rings is 1. The molecule has 4 heteroatoms. The fourth-order valence-corrected chi connectivity index (χ4v) is 1.16. The maximum atomic E-state index is 10.6. The Morgan fingerprint density at radius 2 is 2.33 bits per heavy atom. The van der Waals surface area contributed by atoms with Gasteiger partial charge in [-0.05, 0) is 6.07 Å². The molecular weight excluding hydrogens is 194 g/mol. The number of nitrogens with zero attached hydrogens (tertiary/aromatic N) is 1. The molecule has 1 saturated carbocycles. The Morgan fingerprint density at radius 3 is 2.73 bits per heavy atom. The first-order valence-electron chi connectivity index (χ1n) is 4.51. The normalized spacial score (nSPS) is 16.5. The molecule has 2 rings (SSSR count). The van der Waals surface area contributed by atoms with Crippen LogP contribution in [0.1, 0.15) is 23.2 Å². The standard InChI is InChI=1S/C11H9NO3/c1-2-11(5-6-11)15-9-4-3-8(7-12-9)10(13)14/h1,3-4,7H,5-6H2,(H,13,14). The molecule has 0 aliphatic heterocycles. The van der Waals surface area contributed by atoms with Crippen molar-refractivity contribution in [3.8, 4) is 18.2 Å². The number of hydrogen-bond acceptors (Lipinski definition) is 3. The number of terminal acetylenes is 1. The van der Waals surface area contributed by atoms with Crippen LogP contribution in [0.2, 0.25) is 0 Å². The second kappa shape index (κ2) is 3.28. The van der Waals surface area contributed by atoms with Crippen molar-refractivity contribution >= 4 is 5.97 Å². The van der Waals surface area contributed by atoms with Crippen LogP contribution in [0.25, 0.3) is 0 Å². The van der Waals surface area contributed by atoms with Crippen molar-refractivity contribution in [2.75, 3.05) is 0 Å². The summed E-state index contributed by atoms with van der Waals surface area (Å²) in [5.74, 6) is 1.92. The van der Waals surface area contributed by atoms with Gasteiger partial charge in [0.05, 0.1) is 5.56 Å². The number of hydrogen-bond donors (Lipinski definition) is 1. The van der Waals surface area contributed by atoms with Gasteiger partial charge in [0.25, 0.3) is 0 Å². The van der Waals surface area contributed by atoms with E-state index < -0.39 is 11.6 Å². The van der Waals surface area contributed by atoms with Crippen LogP contribution in [-0.4, -0.2) is 21.7 Å². The van der Waals surface area contributed by atoms with E-state index in [1.165, 1.54) is 18.3 Å². The molecule has 0 spiro atoms. The number of carboxylic acids is 1. The van der Waals surface area contributed by atoms with Crippen molar-refractivity contribution in [3.05, 3.63) is 23.9 Å². The summed E-state index contributed by atoms with van der Waals surface area (Å²) in [4.78, 5) is 14.4. The van der Waals surface area contributed by atoms with Gasteiger partial charge in [0.2, 0.25) is 5.88 Å². The van der Waals surface area contributed by atoms with E-state index in [0.717, 1.165) is 12.8 Å². The van der Waals surface area contributed by atoms with Crippen molar-refractivity contribution in [1.29, 1.82) is 0 Å². The summed E-state index contributed by atoms with van der Waals surface area (Å²) in [5.41, 5.74) is -0.370. The Morgan fingerprint density at radius 1 is 1.60 bits per heavy atom. The fourth-order valence-electron chi connectivity index (χ4n) is 1.16. The first-order valence-corrected chi connectivity index (χ1v) is 4.51. The summed E-state index contributed by atoms with van der Waals surface area (Å²) < 4.78 is 5.46. The topological polar surface area (TPSA) is 59.4 Å². The third-order valence-corrected chi connectivity index (χ3v) is 2.25. The summed E-state index contributed by atoms with van der Waals surface area (Å²) in [6, 6.07) is 2.96. The fraction of sp³-hybridized carbons (Fsp3) is 0.273. The van der Waals surface area contributed by atoms with Gasteiger partial charge < -0.3 is 9.84 Å². The minimum atomic E-state index is -1.01. The van der Waals surface area contributed by atoms with Crippen molar-refractivity contribution in [3.63, 3.8) is 0 Å². The molecule has 15 heavy (non-hydrogen) atoms. The van der Waals surface area contributed by atoms with Crippen LogP contribution in [0, 0.1) is 12.3 Å². The monoisotopic (exact) mass is 203 g/mol. The average Bonchev–Trinajstić information content (AvgIpc) is 2.99. The Balaban J connectivity index is 2.12. The summed E-state index contributed by atoms with van der Waals surface area (Å²) in [7, 11) is 0. The van der Waals surface area contributed by atoms with Crippen LogP contribution in [0.3, 0.4) is 0 Å². The van der Waals surface area contributed by atoms with E-state index in [4.69, 9.17) is 16.3 Å². The SMILES string of the molecule is C#CC1(Oc2ccc(C(=O)O)cn2)CC1. The highest BCUT2D eigenvalue weighted by Crippen LogP contribution is 2.38. The predicted molar refractivity (Wildman–Crippen MR) is 52.6 cm³/mol. The lowest BCUT2D eigenvalue weighted by atomic mass is 10.3. The van der Waals surface area contributed by atoms with E-state index in [2.05, 4.69) is 10.9 Å². The highest BCUT2D eigenvalue weighted by molar-refractivity contribution is 5.87. The molecule has 0 unspecified atom stereocenters. The molecule has 1 aliphatic carbocycles. The maximum absolute atomic E-state index is 10.6. The van der Waals surface area contributed by atoms with Gasteiger partial charge in [-0.3, -0.25) is 0 Å². The summed E-state index contributed by atoms with van der Waals surface area (Å²) >= 11 is 0. The van der Waals surface area contributed by atoms with Crippen molar-refractivity contribution < 1.29 is 14.6 Å². The predicted octanol–water partition coefficient (Wildman–Crippen LogP) is 1.32. The van der Waals surface area contributed by atoms with Crippen LogP contribution in [0.15, 0.2) is 18.3 Å². The summed E-state index contributed by atoms with van der Waals surface area (Å²) in [5, 5.41) is 8.65. The minimum absolute atomic E-state index is 0.132. The highest BCUT2D eigenvalue weighted by Gasteiger charge is 2.44. The molecule has 0 radical (unpaired) electrons. The molecule has 1 aromatic heterocycles. The molecule has 1 aliphatic rings. The number of aromatic carboxylic acids is 1. The van der Waals surface area contributed by atoms with Gasteiger partial charge in [-0.15, -0.1) is 6.42 Å². The second-order valence-corrected chi connectivity index (χ2v) is 3.43. The van der Waals surface area contributed by atoms with E-state index in [1.807, 2.05) is 0 Å². The lowest BCUT2D eigenvalue weighted by Crippen LogP contribution is -2.15. The van der Waals surface area contributed by atoms with Crippen molar-refractivity contribution in [1.82, 2.24) is 4.98 Å². The third-order valence-electron chi connectivity index (χ3n) is 2.25. The zero-order chi connectivity index (χ0) is 10.9. The highest BCUT2D eigenvalue weighted by atomic mass is 16.5. The quantitative estimate of drug-likeness (QED) is 0.753. The van der Waals surface area contributed by atoms with Gasteiger partial charge >= 0.3 is 5.97 Å². The van der Waals surface area contributed by atoms with Gasteiger partial charge in [-0.1, -0.05) is 5.92 Å². The molecular formula is C11H9NO3. The molecule has 0 saturated heterocycles. The Labute approximate surface area is 86.9 Å². The number of carbonyl (C=O) groups is 1. The molecule has 0 atom stereocenters. The van der Waals surface area contributed by atoms with Gasteiger partial charge in [0.1, 0.15) is 0 Å². The average molecular weight is 203 g/mol. The Kier molecular flexibility index (Phi) is 2.09. The number of carboxylic acid groups (broad SMARTS) is 1. The van der Waals surface area contributed by atoms with Crippen LogP contribution >= 0.6 is 0 Å². The summed E-state index contributed by atoms with van der Waals surface area (Å²) in [6.07, 6.45) is 8.20. The van der Waals surface area contributed by atoms with Crippen molar-refractivity contribution in [2.24, 2.45) is 0 Å². The Hall–Kier alpha value is -2.02. The molecule has 1 heterocycles. The molecule has 76 valence electrons. The molecule has 4 nitrogen and oxygen atoms in total. The first-order chi connectivity index (χ1) is 7.15.